The molecular formula is C21H16ClN3O3. The molecule has 0 aliphatic carbocycles. The molecule has 4 rings (SSSR count). The Balaban J connectivity index is 1.78. The van der Waals surface area contributed by atoms with E-state index in [9.17, 15) is 14.4 Å². The third kappa shape index (κ3) is 2.88. The van der Waals surface area contributed by atoms with Crippen LogP contribution in [-0.2, 0) is 9.59 Å². The van der Waals surface area contributed by atoms with E-state index in [1.54, 1.807) is 62.6 Å². The van der Waals surface area contributed by atoms with E-state index in [1.165, 1.54) is 4.90 Å². The number of carbonyl (C=O) groups excluding carboxylic acids is 3. The Morgan fingerprint density at radius 2 is 1.21 bits per heavy atom. The summed E-state index contributed by atoms with van der Waals surface area (Å²) < 4.78 is 0. The Morgan fingerprint density at radius 1 is 0.786 bits per heavy atom. The minimum atomic E-state index is -0.346. The summed E-state index contributed by atoms with van der Waals surface area (Å²) in [6.07, 6.45) is 0. The molecule has 0 aromatic heterocycles. The number of hydrogen-bond acceptors (Lipinski definition) is 3. The molecule has 0 saturated heterocycles. The smallest absolute Gasteiger partial charge is 0.258 e. The number of halogens is 1. The van der Waals surface area contributed by atoms with Crippen molar-refractivity contribution in [3.8, 4) is 0 Å². The van der Waals surface area contributed by atoms with Gasteiger partial charge in [-0.2, -0.15) is 0 Å². The maximum atomic E-state index is 12.6. The molecule has 0 unspecified atom stereocenters. The largest absolute Gasteiger partial charge is 0.345 e. The Kier molecular flexibility index (Phi) is 4.28. The lowest BCUT2D eigenvalue weighted by Crippen LogP contribution is -2.22. The van der Waals surface area contributed by atoms with Crippen LogP contribution in [0.5, 0.6) is 0 Å². The van der Waals surface area contributed by atoms with Crippen molar-refractivity contribution in [3.63, 3.8) is 0 Å². The van der Waals surface area contributed by atoms with Crippen LogP contribution in [0, 0.1) is 0 Å². The van der Waals surface area contributed by atoms with Gasteiger partial charge in [-0.25, -0.2) is 0 Å². The van der Waals surface area contributed by atoms with Gasteiger partial charge in [0.25, 0.3) is 17.7 Å². The van der Waals surface area contributed by atoms with Crippen molar-refractivity contribution in [2.75, 3.05) is 14.1 Å². The average molecular weight is 394 g/mol. The molecule has 2 N–H and O–H groups in total. The third-order valence-corrected chi connectivity index (χ3v) is 4.89. The van der Waals surface area contributed by atoms with E-state index in [0.29, 0.717) is 44.3 Å². The lowest BCUT2D eigenvalue weighted by molar-refractivity contribution is -0.117. The SMILES string of the molecule is CN(C)C(=O)c1ccc(C2=C3C(=O)NC(c4ccc(Cl)cc4)=C3C(=O)N2)cc1. The number of amides is 3. The van der Waals surface area contributed by atoms with Crippen LogP contribution in [0.1, 0.15) is 21.5 Å². The molecule has 0 spiro atoms. The lowest BCUT2D eigenvalue weighted by atomic mass is 10.0. The number of rotatable bonds is 3. The van der Waals surface area contributed by atoms with Gasteiger partial charge in [-0.15, -0.1) is 0 Å². The first-order valence-corrected chi connectivity index (χ1v) is 8.94. The second-order valence-corrected chi connectivity index (χ2v) is 7.13. The van der Waals surface area contributed by atoms with Crippen LogP contribution >= 0.6 is 11.6 Å². The zero-order chi connectivity index (χ0) is 20.0. The average Bonchev–Trinajstić information content (AvgIpc) is 3.20. The molecule has 2 heterocycles. The number of nitrogens with zero attached hydrogens (tertiary/aromatic N) is 1. The van der Waals surface area contributed by atoms with Crippen LogP contribution in [0.2, 0.25) is 5.02 Å². The van der Waals surface area contributed by atoms with Crippen molar-refractivity contribution in [1.82, 2.24) is 15.5 Å². The monoisotopic (exact) mass is 393 g/mol. The zero-order valence-corrected chi connectivity index (χ0v) is 15.9. The summed E-state index contributed by atoms with van der Waals surface area (Å²) >= 11 is 5.93. The lowest BCUT2D eigenvalue weighted by Gasteiger charge is -2.11. The molecule has 2 aromatic carbocycles. The minimum absolute atomic E-state index is 0.121. The molecule has 3 amide bonds. The van der Waals surface area contributed by atoms with Gasteiger partial charge in [-0.1, -0.05) is 35.9 Å². The second kappa shape index (κ2) is 6.65. The fourth-order valence-corrected chi connectivity index (χ4v) is 3.39. The maximum Gasteiger partial charge on any atom is 0.258 e. The molecule has 6 nitrogen and oxygen atoms in total. The van der Waals surface area contributed by atoms with Crippen LogP contribution < -0.4 is 10.6 Å². The third-order valence-electron chi connectivity index (χ3n) is 4.64. The molecule has 2 aromatic rings. The summed E-state index contributed by atoms with van der Waals surface area (Å²) in [5, 5.41) is 6.14. The summed E-state index contributed by atoms with van der Waals surface area (Å²) in [4.78, 5) is 38.8. The van der Waals surface area contributed by atoms with Crippen LogP contribution in [0.3, 0.4) is 0 Å². The number of carbonyl (C=O) groups is 3. The first-order valence-electron chi connectivity index (χ1n) is 8.56. The number of nitrogens with one attached hydrogen (secondary N) is 2. The Hall–Kier alpha value is -3.38. The highest BCUT2D eigenvalue weighted by atomic mass is 35.5. The van der Waals surface area contributed by atoms with Gasteiger partial charge >= 0.3 is 0 Å². The topological polar surface area (TPSA) is 78.5 Å². The molecule has 28 heavy (non-hydrogen) atoms. The predicted molar refractivity (Wildman–Crippen MR) is 106 cm³/mol. The summed E-state index contributed by atoms with van der Waals surface area (Å²) in [6, 6.07) is 13.7. The van der Waals surface area contributed by atoms with Gasteiger partial charge in [0.2, 0.25) is 0 Å². The second-order valence-electron chi connectivity index (χ2n) is 6.69. The number of benzene rings is 2. The van der Waals surface area contributed by atoms with E-state index in [-0.39, 0.29) is 17.7 Å². The maximum absolute atomic E-state index is 12.6. The molecule has 0 radical (unpaired) electrons. The quantitative estimate of drug-likeness (QED) is 0.840. The first-order chi connectivity index (χ1) is 13.4. The van der Waals surface area contributed by atoms with Crippen molar-refractivity contribution in [2.45, 2.75) is 0 Å². The Morgan fingerprint density at radius 3 is 1.64 bits per heavy atom. The first kappa shape index (κ1) is 18.0. The molecule has 2 aliphatic heterocycles. The van der Waals surface area contributed by atoms with Crippen LogP contribution in [0.4, 0.5) is 0 Å². The summed E-state index contributed by atoms with van der Waals surface area (Å²) in [6.45, 7) is 0. The van der Waals surface area contributed by atoms with E-state index in [2.05, 4.69) is 10.6 Å². The van der Waals surface area contributed by atoms with Gasteiger partial charge in [0.05, 0.1) is 22.5 Å². The molecule has 0 saturated carbocycles. The van der Waals surface area contributed by atoms with Gasteiger partial charge in [0.15, 0.2) is 0 Å². The van der Waals surface area contributed by atoms with Crippen LogP contribution in [0.15, 0.2) is 59.7 Å². The van der Waals surface area contributed by atoms with E-state index in [0.717, 1.165) is 0 Å². The van der Waals surface area contributed by atoms with Gasteiger partial charge in [0.1, 0.15) is 0 Å². The zero-order valence-electron chi connectivity index (χ0n) is 15.2. The fourth-order valence-electron chi connectivity index (χ4n) is 3.27. The molecule has 0 atom stereocenters. The molecule has 140 valence electrons. The molecule has 2 aliphatic rings. The predicted octanol–water partition coefficient (Wildman–Crippen LogP) is 2.42. The summed E-state index contributed by atoms with van der Waals surface area (Å²) in [7, 11) is 3.35. The highest BCUT2D eigenvalue weighted by Crippen LogP contribution is 2.37. The van der Waals surface area contributed by atoms with E-state index < -0.39 is 0 Å². The molecular weight excluding hydrogens is 378 g/mol. The van der Waals surface area contributed by atoms with Crippen molar-refractivity contribution in [1.29, 1.82) is 0 Å². The molecule has 0 fully saturated rings. The van der Waals surface area contributed by atoms with Gasteiger partial charge in [-0.05, 0) is 35.4 Å². The van der Waals surface area contributed by atoms with Crippen LogP contribution in [-0.4, -0.2) is 36.7 Å². The van der Waals surface area contributed by atoms with Crippen molar-refractivity contribution < 1.29 is 14.4 Å². The fraction of sp³-hybridized carbons (Fsp3) is 0.0952. The molecule has 0 bridgehead atoms. The molecule has 7 heteroatoms. The highest BCUT2D eigenvalue weighted by molar-refractivity contribution is 6.31. The standard InChI is InChI=1S/C21H16ClN3O3/c1-25(2)21(28)13-5-3-11(4-6-13)17-15-16(20(27)23-17)18(24-19(15)26)12-7-9-14(22)10-8-12/h3-10H,1-2H3,(H,23,27)(H,24,26). The number of fused-ring (bicyclic) bond motifs is 1. The van der Waals surface area contributed by atoms with Crippen molar-refractivity contribution >= 4 is 40.7 Å². The van der Waals surface area contributed by atoms with E-state index in [4.69, 9.17) is 11.6 Å². The van der Waals surface area contributed by atoms with E-state index >= 15 is 0 Å². The van der Waals surface area contributed by atoms with Gasteiger partial charge in [0, 0.05) is 24.7 Å². The van der Waals surface area contributed by atoms with Gasteiger partial charge in [-0.3, -0.25) is 14.4 Å². The summed E-state index contributed by atoms with van der Waals surface area (Å²) in [5.74, 6) is -0.813. The summed E-state index contributed by atoms with van der Waals surface area (Å²) in [5.41, 5.74) is 3.40. The van der Waals surface area contributed by atoms with E-state index in [1.807, 2.05) is 0 Å². The van der Waals surface area contributed by atoms with Crippen molar-refractivity contribution in [2.24, 2.45) is 0 Å². The minimum Gasteiger partial charge on any atom is -0.345 e. The van der Waals surface area contributed by atoms with Gasteiger partial charge < -0.3 is 15.5 Å². The highest BCUT2D eigenvalue weighted by Gasteiger charge is 2.40. The number of hydrogen-bond donors (Lipinski definition) is 2. The van der Waals surface area contributed by atoms with Crippen molar-refractivity contribution in [3.05, 3.63) is 81.4 Å². The Labute approximate surface area is 166 Å². The Bertz CT molecular complexity index is 1080. The van der Waals surface area contributed by atoms with Crippen LogP contribution in [0.25, 0.3) is 11.4 Å². The normalized spacial score (nSPS) is 15.5.